The Morgan fingerprint density at radius 1 is 1.03 bits per heavy atom. The lowest BCUT2D eigenvalue weighted by Gasteiger charge is -2.22. The summed E-state index contributed by atoms with van der Waals surface area (Å²) >= 11 is 0. The molecule has 172 valence electrons. The van der Waals surface area contributed by atoms with E-state index in [4.69, 9.17) is 14.2 Å². The lowest BCUT2D eigenvalue weighted by atomic mass is 10.1. The zero-order chi connectivity index (χ0) is 22.5. The average molecular weight is 461 g/mol. The van der Waals surface area contributed by atoms with Crippen LogP contribution >= 0.6 is 12.4 Å². The predicted octanol–water partition coefficient (Wildman–Crippen LogP) is 4.61. The number of ether oxygens (including phenoxy) is 3. The SMILES string of the molecule is CCN(CC)C(=O)c1cnc2nc(C)ccc2c1Nc1cc(OC)c(OC)c(OC)c1.Cl. The number of nitrogens with one attached hydrogen (secondary N) is 1. The van der Waals surface area contributed by atoms with Gasteiger partial charge < -0.3 is 24.4 Å². The second kappa shape index (κ2) is 10.9. The Kier molecular flexibility index (Phi) is 8.48. The Labute approximate surface area is 194 Å². The molecular weight excluding hydrogens is 432 g/mol. The molecule has 0 aliphatic heterocycles. The summed E-state index contributed by atoms with van der Waals surface area (Å²) < 4.78 is 16.3. The number of aromatic nitrogens is 2. The van der Waals surface area contributed by atoms with E-state index >= 15 is 0 Å². The van der Waals surface area contributed by atoms with Crippen LogP contribution in [0.5, 0.6) is 17.2 Å². The molecule has 0 unspecified atom stereocenters. The van der Waals surface area contributed by atoms with Gasteiger partial charge in [0.2, 0.25) is 5.75 Å². The summed E-state index contributed by atoms with van der Waals surface area (Å²) in [6.45, 7) is 7.01. The molecule has 0 aliphatic carbocycles. The first-order chi connectivity index (χ1) is 15.0. The topological polar surface area (TPSA) is 85.8 Å². The molecule has 8 nitrogen and oxygen atoms in total. The Morgan fingerprint density at radius 3 is 2.19 bits per heavy atom. The lowest BCUT2D eigenvalue weighted by Crippen LogP contribution is -2.31. The van der Waals surface area contributed by atoms with Crippen LogP contribution in [0.2, 0.25) is 0 Å². The van der Waals surface area contributed by atoms with Crippen LogP contribution in [0.15, 0.2) is 30.5 Å². The normalized spacial score (nSPS) is 10.3. The van der Waals surface area contributed by atoms with Crippen molar-refractivity contribution in [3.63, 3.8) is 0 Å². The second-order valence-electron chi connectivity index (χ2n) is 6.89. The van der Waals surface area contributed by atoms with Crippen LogP contribution in [0.3, 0.4) is 0 Å². The summed E-state index contributed by atoms with van der Waals surface area (Å²) in [5.41, 5.74) is 3.18. The van der Waals surface area contributed by atoms with Crippen LogP contribution < -0.4 is 19.5 Å². The fourth-order valence-electron chi connectivity index (χ4n) is 3.45. The van der Waals surface area contributed by atoms with Gasteiger partial charge in [0.1, 0.15) is 0 Å². The van der Waals surface area contributed by atoms with E-state index in [-0.39, 0.29) is 18.3 Å². The number of hydrogen-bond donors (Lipinski definition) is 1. The maximum Gasteiger partial charge on any atom is 0.257 e. The number of nitrogens with zero attached hydrogens (tertiary/aromatic N) is 3. The van der Waals surface area contributed by atoms with Gasteiger partial charge in [-0.3, -0.25) is 4.79 Å². The van der Waals surface area contributed by atoms with Gasteiger partial charge in [-0.2, -0.15) is 0 Å². The lowest BCUT2D eigenvalue weighted by molar-refractivity contribution is 0.0773. The third-order valence-corrected chi connectivity index (χ3v) is 5.08. The number of methoxy groups -OCH3 is 3. The minimum absolute atomic E-state index is 0. The smallest absolute Gasteiger partial charge is 0.257 e. The molecule has 0 fully saturated rings. The summed E-state index contributed by atoms with van der Waals surface area (Å²) in [7, 11) is 4.68. The molecule has 0 bridgehead atoms. The molecule has 2 aromatic heterocycles. The molecule has 0 aliphatic rings. The maximum absolute atomic E-state index is 13.2. The van der Waals surface area contributed by atoms with E-state index in [9.17, 15) is 4.79 Å². The van der Waals surface area contributed by atoms with Crippen LogP contribution in [0, 0.1) is 6.92 Å². The van der Waals surface area contributed by atoms with Crippen LogP contribution in [0.1, 0.15) is 29.9 Å². The number of amides is 1. The van der Waals surface area contributed by atoms with E-state index in [0.29, 0.717) is 52.9 Å². The third-order valence-electron chi connectivity index (χ3n) is 5.08. The number of halogens is 1. The fraction of sp³-hybridized carbons (Fsp3) is 0.348. The van der Waals surface area contributed by atoms with Gasteiger partial charge in [0.05, 0.1) is 32.6 Å². The van der Waals surface area contributed by atoms with Crippen molar-refractivity contribution in [2.24, 2.45) is 0 Å². The van der Waals surface area contributed by atoms with Crippen molar-refractivity contribution < 1.29 is 19.0 Å². The zero-order valence-electron chi connectivity index (χ0n) is 19.2. The van der Waals surface area contributed by atoms with Crippen LogP contribution in [-0.2, 0) is 0 Å². The number of benzene rings is 1. The molecule has 32 heavy (non-hydrogen) atoms. The Bertz CT molecular complexity index is 1080. The highest BCUT2D eigenvalue weighted by atomic mass is 35.5. The molecule has 0 atom stereocenters. The van der Waals surface area contributed by atoms with Gasteiger partial charge >= 0.3 is 0 Å². The molecule has 0 spiro atoms. The number of carbonyl (C=O) groups excluding carboxylic acids is 1. The number of carbonyl (C=O) groups is 1. The molecule has 0 saturated heterocycles. The van der Waals surface area contributed by atoms with Gasteiger partial charge in [-0.05, 0) is 32.9 Å². The predicted molar refractivity (Wildman–Crippen MR) is 128 cm³/mol. The fourth-order valence-corrected chi connectivity index (χ4v) is 3.45. The Morgan fingerprint density at radius 2 is 1.66 bits per heavy atom. The first-order valence-electron chi connectivity index (χ1n) is 10.1. The number of aryl methyl sites for hydroxylation is 1. The third kappa shape index (κ3) is 4.80. The first kappa shape index (κ1) is 25.0. The monoisotopic (exact) mass is 460 g/mol. The number of rotatable bonds is 8. The maximum atomic E-state index is 13.2. The number of hydrogen-bond acceptors (Lipinski definition) is 7. The number of pyridine rings is 2. The van der Waals surface area contributed by atoms with Crippen molar-refractivity contribution >= 4 is 40.7 Å². The van der Waals surface area contributed by atoms with Crippen LogP contribution in [0.25, 0.3) is 11.0 Å². The van der Waals surface area contributed by atoms with E-state index in [1.807, 2.05) is 32.9 Å². The van der Waals surface area contributed by atoms with E-state index in [2.05, 4.69) is 15.3 Å². The van der Waals surface area contributed by atoms with Crippen LogP contribution in [0.4, 0.5) is 11.4 Å². The Balaban J connectivity index is 0.00000363. The molecule has 3 aromatic rings. The van der Waals surface area contributed by atoms with Crippen molar-refractivity contribution in [3.8, 4) is 17.2 Å². The molecule has 0 radical (unpaired) electrons. The summed E-state index contributed by atoms with van der Waals surface area (Å²) in [6.07, 6.45) is 1.58. The van der Waals surface area contributed by atoms with Gasteiger partial charge in [-0.1, -0.05) is 0 Å². The van der Waals surface area contributed by atoms with Gasteiger partial charge in [-0.25, -0.2) is 9.97 Å². The van der Waals surface area contributed by atoms with Gasteiger partial charge in [-0.15, -0.1) is 12.4 Å². The minimum Gasteiger partial charge on any atom is -0.493 e. The number of fused-ring (bicyclic) bond motifs is 1. The second-order valence-corrected chi connectivity index (χ2v) is 6.89. The van der Waals surface area contributed by atoms with Crippen LogP contribution in [-0.4, -0.2) is 55.2 Å². The molecule has 1 N–H and O–H groups in total. The Hall–Kier alpha value is -3.26. The highest BCUT2D eigenvalue weighted by Gasteiger charge is 2.21. The van der Waals surface area contributed by atoms with E-state index in [1.54, 1.807) is 44.6 Å². The highest BCUT2D eigenvalue weighted by Crippen LogP contribution is 2.41. The summed E-state index contributed by atoms with van der Waals surface area (Å²) in [5, 5.41) is 4.12. The van der Waals surface area contributed by atoms with Gasteiger partial charge in [0.15, 0.2) is 17.1 Å². The molecule has 1 amide bonds. The number of anilines is 2. The molecular formula is C23H29ClN4O4. The van der Waals surface area contributed by atoms with Crippen molar-refractivity contribution in [2.75, 3.05) is 39.7 Å². The molecule has 1 aromatic carbocycles. The van der Waals surface area contributed by atoms with E-state index in [1.165, 1.54) is 0 Å². The van der Waals surface area contributed by atoms with Gasteiger partial charge in [0, 0.05) is 48.2 Å². The van der Waals surface area contributed by atoms with Crippen molar-refractivity contribution in [2.45, 2.75) is 20.8 Å². The molecule has 2 heterocycles. The minimum atomic E-state index is -0.102. The van der Waals surface area contributed by atoms with Crippen molar-refractivity contribution in [1.82, 2.24) is 14.9 Å². The summed E-state index contributed by atoms with van der Waals surface area (Å²) in [6, 6.07) is 7.40. The first-order valence-corrected chi connectivity index (χ1v) is 10.1. The quantitative estimate of drug-likeness (QED) is 0.525. The van der Waals surface area contributed by atoms with E-state index in [0.717, 1.165) is 11.1 Å². The molecule has 3 rings (SSSR count). The van der Waals surface area contributed by atoms with Gasteiger partial charge in [0.25, 0.3) is 5.91 Å². The largest absolute Gasteiger partial charge is 0.493 e. The average Bonchev–Trinajstić information content (AvgIpc) is 2.78. The van der Waals surface area contributed by atoms with Crippen molar-refractivity contribution in [1.29, 1.82) is 0 Å². The summed E-state index contributed by atoms with van der Waals surface area (Å²) in [4.78, 5) is 23.9. The summed E-state index contributed by atoms with van der Waals surface area (Å²) in [5.74, 6) is 1.41. The molecule has 0 saturated carbocycles. The van der Waals surface area contributed by atoms with Crippen molar-refractivity contribution in [3.05, 3.63) is 41.7 Å². The highest BCUT2D eigenvalue weighted by molar-refractivity contribution is 6.07. The zero-order valence-corrected chi connectivity index (χ0v) is 20.0. The van der Waals surface area contributed by atoms with E-state index < -0.39 is 0 Å². The standard InChI is InChI=1S/C23H28N4O4.ClH/c1-7-27(8-2)23(28)17-13-24-22-16(10-9-14(3)25-22)20(17)26-15-11-18(29-4)21(31-6)19(12-15)30-5;/h9-13H,7-8H2,1-6H3,(H,24,25,26);1H. The molecule has 9 heteroatoms.